The van der Waals surface area contributed by atoms with E-state index < -0.39 is 0 Å². The van der Waals surface area contributed by atoms with Crippen molar-refractivity contribution in [2.24, 2.45) is 0 Å². The maximum absolute atomic E-state index is 5.15. The summed E-state index contributed by atoms with van der Waals surface area (Å²) in [4.78, 5) is 0. The zero-order valence-electron chi connectivity index (χ0n) is 4.76. The molecule has 44 valence electrons. The van der Waals surface area contributed by atoms with Crippen molar-refractivity contribution in [1.82, 2.24) is 0 Å². The molecular weight excluding hydrogens is 307 g/mol. The molecule has 0 radical (unpaired) electrons. The first-order valence-electron chi connectivity index (χ1n) is 2.55. The Morgan fingerprint density at radius 2 is 1.78 bits per heavy atom. The molecule has 1 heteroatoms. The van der Waals surface area contributed by atoms with Crippen molar-refractivity contribution in [1.29, 1.82) is 0 Å². The van der Waals surface area contributed by atoms with Crippen molar-refractivity contribution in [3.8, 4) is 12.3 Å². The molecule has 0 bridgehead atoms. The fourth-order valence-corrected chi connectivity index (χ4v) is 1.04. The van der Waals surface area contributed by atoms with Crippen molar-refractivity contribution in [2.75, 3.05) is 0 Å². The van der Waals surface area contributed by atoms with E-state index in [0.717, 1.165) is 5.56 Å². The molecule has 0 saturated carbocycles. The molecule has 0 unspecified atom stereocenters. The van der Waals surface area contributed by atoms with Crippen molar-refractivity contribution in [3.05, 3.63) is 29.8 Å². The summed E-state index contributed by atoms with van der Waals surface area (Å²) in [5.41, 5.74) is 0.954. The molecule has 0 saturated heterocycles. The zero-order valence-corrected chi connectivity index (χ0v) is 7.70. The van der Waals surface area contributed by atoms with Crippen molar-refractivity contribution in [2.45, 2.75) is 0 Å². The molecule has 9 heavy (non-hydrogen) atoms. The van der Waals surface area contributed by atoms with Crippen LogP contribution in [-0.4, -0.2) is 0 Å². The van der Waals surface area contributed by atoms with Crippen LogP contribution in [-0.2, 0) is 0 Å². The van der Waals surface area contributed by atoms with Gasteiger partial charge in [-0.1, -0.05) is 0 Å². The number of terminal acetylenes is 1. The third-order valence-corrected chi connectivity index (χ3v) is 1.99. The predicted molar refractivity (Wildman–Crippen MR) is 34.0 cm³/mol. The van der Waals surface area contributed by atoms with Gasteiger partial charge in [-0.05, 0) is 0 Å². The summed E-state index contributed by atoms with van der Waals surface area (Å²) < 4.78 is 1.30. The standard InChI is InChI=1S/C8H5At/c1-2-7-3-5-8(9)6-4-7/h1,3-6H/i9+1. The number of hydrogen-bond acceptors (Lipinski definition) is 0. The minimum absolute atomic E-state index is 0.954. The first-order valence-corrected chi connectivity index (χ1v) is 4.02. The summed E-state index contributed by atoms with van der Waals surface area (Å²) in [6, 6.07) is 7.98. The van der Waals surface area contributed by atoms with Crippen LogP contribution in [0.15, 0.2) is 24.3 Å². The molecule has 0 fully saturated rings. The molecule has 0 aliphatic rings. The summed E-state index contributed by atoms with van der Waals surface area (Å²) in [6.45, 7) is 0. The van der Waals surface area contributed by atoms with Gasteiger partial charge < -0.3 is 0 Å². The molecule has 0 amide bonds. The van der Waals surface area contributed by atoms with Crippen LogP contribution < -0.4 is 3.27 Å². The topological polar surface area (TPSA) is 0 Å². The Morgan fingerprint density at radius 1 is 1.22 bits per heavy atom. The fourth-order valence-electron chi connectivity index (χ4n) is 0.546. The van der Waals surface area contributed by atoms with Gasteiger partial charge >= 0.3 is 70.2 Å². The number of benzene rings is 1. The van der Waals surface area contributed by atoms with Crippen LogP contribution in [0.1, 0.15) is 5.56 Å². The van der Waals surface area contributed by atoms with Crippen molar-refractivity contribution in [3.63, 3.8) is 0 Å². The van der Waals surface area contributed by atoms with Gasteiger partial charge in [-0.3, -0.25) is 0 Å². The van der Waals surface area contributed by atoms with Crippen molar-refractivity contribution >= 4 is 3.27 Å². The van der Waals surface area contributed by atoms with Crippen LogP contribution in [0, 0.1) is 37.1 Å². The molecule has 0 spiro atoms. The molecule has 0 N–H and O–H groups in total. The first kappa shape index (κ1) is 6.78. The molecule has 1 aromatic carbocycles. The van der Waals surface area contributed by atoms with Crippen LogP contribution in [0.25, 0.3) is 0 Å². The number of hydrogen-bond donors (Lipinski definition) is 0. The minimum atomic E-state index is 0.954. The normalized spacial score (nSPS) is 8.44. The second-order valence-electron chi connectivity index (χ2n) is 1.65. The molecule has 0 heterocycles. The van der Waals surface area contributed by atoms with Gasteiger partial charge in [-0.25, -0.2) is 0 Å². The van der Waals surface area contributed by atoms with Gasteiger partial charge in [-0.2, -0.15) is 0 Å². The van der Waals surface area contributed by atoms with Gasteiger partial charge in [-0.15, -0.1) is 0 Å². The van der Waals surface area contributed by atoms with E-state index in [-0.39, 0.29) is 0 Å². The van der Waals surface area contributed by atoms with E-state index in [1.807, 2.05) is 24.3 Å². The first-order chi connectivity index (χ1) is 4.33. The van der Waals surface area contributed by atoms with E-state index in [1.54, 1.807) is 24.7 Å². The Hall–Kier alpha value is -0.337. The molecule has 1 aromatic rings. The van der Waals surface area contributed by atoms with E-state index in [9.17, 15) is 0 Å². The van der Waals surface area contributed by atoms with Crippen LogP contribution in [0.5, 0.6) is 0 Å². The van der Waals surface area contributed by atoms with Gasteiger partial charge in [0.2, 0.25) is 0 Å². The van der Waals surface area contributed by atoms with E-state index in [4.69, 9.17) is 6.42 Å². The van der Waals surface area contributed by atoms with E-state index in [2.05, 4.69) is 5.92 Å². The Morgan fingerprint density at radius 3 is 2.22 bits per heavy atom. The second kappa shape index (κ2) is 2.99. The van der Waals surface area contributed by atoms with Crippen LogP contribution in [0.2, 0.25) is 0 Å². The molecule has 0 nitrogen and oxygen atoms in total. The molecule has 0 atom stereocenters. The van der Waals surface area contributed by atoms with Crippen LogP contribution >= 0.6 is 0 Å². The molecule has 0 aliphatic heterocycles. The summed E-state index contributed by atoms with van der Waals surface area (Å²) in [5.74, 6) is 2.56. The van der Waals surface area contributed by atoms with Gasteiger partial charge in [0.15, 0.2) is 0 Å². The predicted octanol–water partition coefficient (Wildman–Crippen LogP) is 0.843. The van der Waals surface area contributed by atoms with Crippen molar-refractivity contribution < 1.29 is 24.7 Å². The second-order valence-corrected chi connectivity index (χ2v) is 3.35. The Kier molecular flexibility index (Phi) is 2.25. The zero-order chi connectivity index (χ0) is 6.69. The van der Waals surface area contributed by atoms with Crippen LogP contribution in [0.4, 0.5) is 0 Å². The van der Waals surface area contributed by atoms with E-state index in [0.29, 0.717) is 0 Å². The average molecular weight is 312 g/mol. The van der Waals surface area contributed by atoms with E-state index in [1.165, 1.54) is 3.27 Å². The third kappa shape index (κ3) is 1.81. The quantitative estimate of drug-likeness (QED) is 0.623. The number of rotatable bonds is 0. The van der Waals surface area contributed by atoms with E-state index >= 15 is 0 Å². The summed E-state index contributed by atoms with van der Waals surface area (Å²) in [5, 5.41) is 0. The SMILES string of the molecule is C#Cc1ccc([211At])cc1. The molecule has 0 aliphatic carbocycles. The van der Waals surface area contributed by atoms with Crippen LogP contribution in [0.3, 0.4) is 0 Å². The summed E-state index contributed by atoms with van der Waals surface area (Å²) in [7, 11) is 0. The van der Waals surface area contributed by atoms with Gasteiger partial charge in [0.05, 0.1) is 0 Å². The summed E-state index contributed by atoms with van der Waals surface area (Å²) in [6.07, 6.45) is 5.15. The Balaban J connectivity index is 3.06. The maximum atomic E-state index is 5.15. The average Bonchev–Trinajstić information content (AvgIpc) is 1.90. The Bertz CT molecular complexity index is 228. The van der Waals surface area contributed by atoms with Gasteiger partial charge in [0.1, 0.15) is 0 Å². The summed E-state index contributed by atoms with van der Waals surface area (Å²) >= 11 is 1.67. The Labute approximate surface area is 70.1 Å². The molecule has 1 rings (SSSR count). The third-order valence-electron chi connectivity index (χ3n) is 1.01. The van der Waals surface area contributed by atoms with Gasteiger partial charge in [0.25, 0.3) is 0 Å². The van der Waals surface area contributed by atoms with Gasteiger partial charge in [0, 0.05) is 0 Å². The fraction of sp³-hybridized carbons (Fsp3) is 0. The molecular formula is C8H5At. The molecule has 0 aromatic heterocycles. The monoisotopic (exact) mass is 312 g/mol.